The average molecular weight is 305 g/mol. The molecule has 0 saturated heterocycles. The van der Waals surface area contributed by atoms with Gasteiger partial charge in [0.2, 0.25) is 5.88 Å². The topological polar surface area (TPSA) is 89.6 Å². The number of ether oxygens (including phenoxy) is 1. The Morgan fingerprint density at radius 2 is 2.19 bits per heavy atom. The van der Waals surface area contributed by atoms with Gasteiger partial charge in [-0.05, 0) is 25.1 Å². The van der Waals surface area contributed by atoms with Gasteiger partial charge in [-0.15, -0.1) is 0 Å². The van der Waals surface area contributed by atoms with E-state index < -0.39 is 5.97 Å². The van der Waals surface area contributed by atoms with Gasteiger partial charge in [0.15, 0.2) is 0 Å². The van der Waals surface area contributed by atoms with Crippen LogP contribution < -0.4 is 4.74 Å². The number of fused-ring (bicyclic) bond motifs is 1. The summed E-state index contributed by atoms with van der Waals surface area (Å²) in [4.78, 5) is 19.3. The van der Waals surface area contributed by atoms with E-state index in [1.54, 1.807) is 19.1 Å². The molecule has 106 valence electrons. The molecular weight excluding hydrogens is 296 g/mol. The van der Waals surface area contributed by atoms with Gasteiger partial charge in [0, 0.05) is 11.8 Å². The number of carbonyl (C=O) groups is 1. The van der Waals surface area contributed by atoms with E-state index in [-0.39, 0.29) is 10.6 Å². The Bertz CT molecular complexity index is 847. The standard InChI is InChI=1S/C13H9ClN4O3/c1-7-4-11(18-13(17-7)15-6-16-18)21-8-2-3-10(14)9(5-8)12(19)20/h2-6H,1H3,(H,19,20). The molecule has 3 rings (SSSR count). The number of carboxylic acid groups (broad SMARTS) is 1. The van der Waals surface area contributed by atoms with Crippen molar-refractivity contribution in [2.24, 2.45) is 0 Å². The van der Waals surface area contributed by atoms with Gasteiger partial charge in [-0.1, -0.05) is 11.6 Å². The van der Waals surface area contributed by atoms with Crippen LogP contribution in [0, 0.1) is 6.92 Å². The largest absolute Gasteiger partial charge is 0.478 e. The van der Waals surface area contributed by atoms with Crippen molar-refractivity contribution in [1.82, 2.24) is 19.6 Å². The van der Waals surface area contributed by atoms with Crippen LogP contribution >= 0.6 is 11.6 Å². The normalized spacial score (nSPS) is 10.8. The number of halogens is 1. The van der Waals surface area contributed by atoms with Gasteiger partial charge in [0.05, 0.1) is 10.6 Å². The number of rotatable bonds is 3. The van der Waals surface area contributed by atoms with E-state index in [2.05, 4.69) is 15.1 Å². The van der Waals surface area contributed by atoms with Crippen molar-refractivity contribution in [2.75, 3.05) is 0 Å². The van der Waals surface area contributed by atoms with Crippen LogP contribution in [0.15, 0.2) is 30.6 Å². The van der Waals surface area contributed by atoms with Crippen molar-refractivity contribution < 1.29 is 14.6 Å². The van der Waals surface area contributed by atoms with Gasteiger partial charge in [-0.3, -0.25) is 0 Å². The second kappa shape index (κ2) is 5.02. The molecule has 8 heteroatoms. The van der Waals surface area contributed by atoms with Gasteiger partial charge in [-0.25, -0.2) is 9.78 Å². The molecule has 21 heavy (non-hydrogen) atoms. The summed E-state index contributed by atoms with van der Waals surface area (Å²) in [6.45, 7) is 1.80. The highest BCUT2D eigenvalue weighted by Gasteiger charge is 2.12. The first-order valence-electron chi connectivity index (χ1n) is 5.92. The predicted octanol–water partition coefficient (Wildman–Crippen LogP) is 2.58. The Labute approximate surface area is 123 Å². The third kappa shape index (κ3) is 2.50. The summed E-state index contributed by atoms with van der Waals surface area (Å²) in [7, 11) is 0. The summed E-state index contributed by atoms with van der Waals surface area (Å²) in [6, 6.07) is 6.07. The molecule has 0 atom stereocenters. The highest BCUT2D eigenvalue weighted by Crippen LogP contribution is 2.26. The first-order chi connectivity index (χ1) is 10.0. The van der Waals surface area contributed by atoms with E-state index >= 15 is 0 Å². The van der Waals surface area contributed by atoms with Gasteiger partial charge >= 0.3 is 5.97 Å². The highest BCUT2D eigenvalue weighted by atomic mass is 35.5. The molecule has 2 heterocycles. The zero-order valence-electron chi connectivity index (χ0n) is 10.8. The molecule has 0 fully saturated rings. The Morgan fingerprint density at radius 3 is 2.95 bits per heavy atom. The first kappa shape index (κ1) is 13.3. The number of nitrogens with zero attached hydrogens (tertiary/aromatic N) is 4. The highest BCUT2D eigenvalue weighted by molar-refractivity contribution is 6.33. The van der Waals surface area contributed by atoms with E-state index in [1.165, 1.54) is 23.0 Å². The first-order valence-corrected chi connectivity index (χ1v) is 6.30. The van der Waals surface area contributed by atoms with Crippen molar-refractivity contribution in [1.29, 1.82) is 0 Å². The Kier molecular flexibility index (Phi) is 3.19. The summed E-state index contributed by atoms with van der Waals surface area (Å²) in [5.74, 6) is -0.00690. The maximum atomic E-state index is 11.1. The summed E-state index contributed by atoms with van der Waals surface area (Å²) in [5, 5.41) is 13.2. The van der Waals surface area contributed by atoms with Crippen molar-refractivity contribution >= 4 is 23.3 Å². The van der Waals surface area contributed by atoms with Crippen LogP contribution in [0.1, 0.15) is 16.1 Å². The predicted molar refractivity (Wildman–Crippen MR) is 74.0 cm³/mol. The molecule has 1 aromatic carbocycles. The fourth-order valence-electron chi connectivity index (χ4n) is 1.82. The molecule has 0 bridgehead atoms. The Balaban J connectivity index is 2.04. The molecule has 2 aromatic heterocycles. The monoisotopic (exact) mass is 304 g/mol. The second-order valence-corrected chi connectivity index (χ2v) is 4.66. The van der Waals surface area contributed by atoms with Crippen molar-refractivity contribution in [3.8, 4) is 11.6 Å². The zero-order chi connectivity index (χ0) is 15.0. The quantitative estimate of drug-likeness (QED) is 0.800. The summed E-state index contributed by atoms with van der Waals surface area (Å²) >= 11 is 5.82. The van der Waals surface area contributed by atoms with Crippen molar-refractivity contribution in [3.05, 3.63) is 46.9 Å². The van der Waals surface area contributed by atoms with Crippen LogP contribution in [0.3, 0.4) is 0 Å². The lowest BCUT2D eigenvalue weighted by atomic mass is 10.2. The Hall–Kier alpha value is -2.67. The number of hydrogen-bond donors (Lipinski definition) is 1. The van der Waals surface area contributed by atoms with Crippen molar-refractivity contribution in [3.63, 3.8) is 0 Å². The van der Waals surface area contributed by atoms with Gasteiger partial charge in [0.25, 0.3) is 5.78 Å². The zero-order valence-corrected chi connectivity index (χ0v) is 11.6. The molecule has 0 saturated carbocycles. The van der Waals surface area contributed by atoms with E-state index in [9.17, 15) is 4.79 Å². The molecule has 0 radical (unpaired) electrons. The van der Waals surface area contributed by atoms with Gasteiger partial charge in [-0.2, -0.15) is 14.6 Å². The van der Waals surface area contributed by atoms with Crippen LogP contribution in [0.25, 0.3) is 5.78 Å². The molecule has 0 spiro atoms. The van der Waals surface area contributed by atoms with Gasteiger partial charge in [0.1, 0.15) is 12.1 Å². The van der Waals surface area contributed by atoms with Crippen LogP contribution in [0.2, 0.25) is 5.02 Å². The molecular formula is C13H9ClN4O3. The summed E-state index contributed by atoms with van der Waals surface area (Å²) < 4.78 is 7.09. The molecule has 0 unspecified atom stereocenters. The number of aryl methyl sites for hydroxylation is 1. The number of carboxylic acids is 1. The average Bonchev–Trinajstić information content (AvgIpc) is 2.88. The maximum Gasteiger partial charge on any atom is 0.337 e. The third-order valence-corrected chi connectivity index (χ3v) is 3.07. The lowest BCUT2D eigenvalue weighted by Crippen LogP contribution is -2.01. The fraction of sp³-hybridized carbons (Fsp3) is 0.0769. The van der Waals surface area contributed by atoms with E-state index in [0.29, 0.717) is 23.1 Å². The third-order valence-electron chi connectivity index (χ3n) is 2.74. The minimum Gasteiger partial charge on any atom is -0.478 e. The second-order valence-electron chi connectivity index (χ2n) is 4.26. The van der Waals surface area contributed by atoms with Crippen LogP contribution in [-0.2, 0) is 0 Å². The molecule has 0 aliphatic heterocycles. The summed E-state index contributed by atoms with van der Waals surface area (Å²) in [6.07, 6.45) is 1.36. The molecule has 7 nitrogen and oxygen atoms in total. The lowest BCUT2D eigenvalue weighted by Gasteiger charge is -2.09. The molecule has 1 N–H and O–H groups in total. The molecule has 3 aromatic rings. The Morgan fingerprint density at radius 1 is 1.38 bits per heavy atom. The molecule has 0 aliphatic carbocycles. The van der Waals surface area contributed by atoms with Gasteiger partial charge < -0.3 is 9.84 Å². The van der Waals surface area contributed by atoms with E-state index in [4.69, 9.17) is 21.4 Å². The van der Waals surface area contributed by atoms with Crippen LogP contribution in [-0.4, -0.2) is 30.7 Å². The van der Waals surface area contributed by atoms with Crippen LogP contribution in [0.4, 0.5) is 0 Å². The number of benzene rings is 1. The maximum absolute atomic E-state index is 11.1. The minimum absolute atomic E-state index is 0.0326. The lowest BCUT2D eigenvalue weighted by molar-refractivity contribution is 0.0696. The SMILES string of the molecule is Cc1cc(Oc2ccc(Cl)c(C(=O)O)c2)n2ncnc2n1. The van der Waals surface area contributed by atoms with E-state index in [0.717, 1.165) is 0 Å². The number of hydrogen-bond acceptors (Lipinski definition) is 5. The fourth-order valence-corrected chi connectivity index (χ4v) is 2.02. The minimum atomic E-state index is -1.12. The summed E-state index contributed by atoms with van der Waals surface area (Å²) in [5.41, 5.74) is 0.674. The number of aromatic carboxylic acids is 1. The smallest absolute Gasteiger partial charge is 0.337 e. The molecule has 0 amide bonds. The van der Waals surface area contributed by atoms with Crippen molar-refractivity contribution in [2.45, 2.75) is 6.92 Å². The molecule has 0 aliphatic rings. The number of aromatic nitrogens is 4. The van der Waals surface area contributed by atoms with E-state index in [1.807, 2.05) is 0 Å². The van der Waals surface area contributed by atoms with Crippen LogP contribution in [0.5, 0.6) is 11.6 Å².